The second kappa shape index (κ2) is 8.40. The van der Waals surface area contributed by atoms with E-state index in [2.05, 4.69) is 54.1 Å². The van der Waals surface area contributed by atoms with Crippen molar-refractivity contribution >= 4 is 5.69 Å². The number of fused-ring (bicyclic) bond motifs is 1. The highest BCUT2D eigenvalue weighted by Gasteiger charge is 2.19. The van der Waals surface area contributed by atoms with Gasteiger partial charge in [0.15, 0.2) is 0 Å². The summed E-state index contributed by atoms with van der Waals surface area (Å²) in [6.07, 6.45) is 2.49. The normalized spacial score (nSPS) is 14.7. The zero-order chi connectivity index (χ0) is 15.1. The number of rotatable bonds is 9. The standard InChI is InChI=1S/C18H31N3/c1-4-7-10-19-18-9-8-16-14-21(15-17(16)13-18)12-11-20(5-2)6-3/h8-9,13,19H,4-7,10-12,14-15H2,1-3H3. The van der Waals surface area contributed by atoms with Crippen molar-refractivity contribution in [2.45, 2.75) is 46.7 Å². The summed E-state index contributed by atoms with van der Waals surface area (Å²) < 4.78 is 0. The van der Waals surface area contributed by atoms with Crippen LogP contribution in [0, 0.1) is 0 Å². The monoisotopic (exact) mass is 289 g/mol. The number of hydrogen-bond donors (Lipinski definition) is 1. The van der Waals surface area contributed by atoms with Crippen LogP contribution in [0.2, 0.25) is 0 Å². The molecule has 0 aromatic heterocycles. The van der Waals surface area contributed by atoms with Crippen LogP contribution in [-0.4, -0.2) is 42.5 Å². The summed E-state index contributed by atoms with van der Waals surface area (Å²) in [6.45, 7) is 14.7. The lowest BCUT2D eigenvalue weighted by atomic mass is 10.1. The van der Waals surface area contributed by atoms with Gasteiger partial charge in [0.1, 0.15) is 0 Å². The van der Waals surface area contributed by atoms with E-state index >= 15 is 0 Å². The first-order chi connectivity index (χ1) is 10.3. The van der Waals surface area contributed by atoms with Crippen LogP contribution >= 0.6 is 0 Å². The van der Waals surface area contributed by atoms with Crippen molar-refractivity contribution in [3.8, 4) is 0 Å². The quantitative estimate of drug-likeness (QED) is 0.701. The maximum atomic E-state index is 3.53. The predicted molar refractivity (Wildman–Crippen MR) is 91.7 cm³/mol. The summed E-state index contributed by atoms with van der Waals surface area (Å²) in [5, 5.41) is 3.53. The van der Waals surface area contributed by atoms with Gasteiger partial charge in [0.25, 0.3) is 0 Å². The largest absolute Gasteiger partial charge is 0.385 e. The lowest BCUT2D eigenvalue weighted by molar-refractivity contribution is 0.216. The molecule has 1 heterocycles. The predicted octanol–water partition coefficient (Wildman–Crippen LogP) is 3.56. The fraction of sp³-hybridized carbons (Fsp3) is 0.667. The molecule has 3 heteroatoms. The number of likely N-dealkylation sites (N-methyl/N-ethyl adjacent to an activating group) is 1. The summed E-state index contributed by atoms with van der Waals surface area (Å²) in [4.78, 5) is 5.07. The SMILES string of the molecule is CCCCNc1ccc2c(c1)CN(CCN(CC)CC)C2. The van der Waals surface area contributed by atoms with Crippen molar-refractivity contribution in [2.24, 2.45) is 0 Å². The molecule has 1 aromatic rings. The van der Waals surface area contributed by atoms with E-state index < -0.39 is 0 Å². The average molecular weight is 289 g/mol. The first kappa shape index (κ1) is 16.3. The van der Waals surface area contributed by atoms with E-state index in [0.717, 1.165) is 32.7 Å². The molecular formula is C18H31N3. The van der Waals surface area contributed by atoms with Gasteiger partial charge in [-0.3, -0.25) is 4.90 Å². The van der Waals surface area contributed by atoms with Crippen LogP contribution in [0.15, 0.2) is 18.2 Å². The van der Waals surface area contributed by atoms with E-state index in [0.29, 0.717) is 0 Å². The first-order valence-corrected chi connectivity index (χ1v) is 8.57. The van der Waals surface area contributed by atoms with E-state index in [1.54, 1.807) is 0 Å². The first-order valence-electron chi connectivity index (χ1n) is 8.57. The second-order valence-electron chi connectivity index (χ2n) is 6.00. The van der Waals surface area contributed by atoms with E-state index in [9.17, 15) is 0 Å². The summed E-state index contributed by atoms with van der Waals surface area (Å²) in [6, 6.07) is 6.89. The molecule has 0 unspecified atom stereocenters. The van der Waals surface area contributed by atoms with Gasteiger partial charge in [-0.2, -0.15) is 0 Å². The molecule has 0 saturated carbocycles. The van der Waals surface area contributed by atoms with Gasteiger partial charge in [0.2, 0.25) is 0 Å². The minimum absolute atomic E-state index is 1.08. The summed E-state index contributed by atoms with van der Waals surface area (Å²) >= 11 is 0. The number of nitrogens with zero attached hydrogens (tertiary/aromatic N) is 2. The highest BCUT2D eigenvalue weighted by atomic mass is 15.2. The summed E-state index contributed by atoms with van der Waals surface area (Å²) in [5.74, 6) is 0. The third kappa shape index (κ3) is 4.72. The van der Waals surface area contributed by atoms with Gasteiger partial charge in [-0.25, -0.2) is 0 Å². The molecule has 1 aromatic carbocycles. The average Bonchev–Trinajstić information content (AvgIpc) is 2.90. The van der Waals surface area contributed by atoms with Gasteiger partial charge in [0.05, 0.1) is 0 Å². The van der Waals surface area contributed by atoms with Gasteiger partial charge in [-0.05, 0) is 42.8 Å². The lowest BCUT2D eigenvalue weighted by Crippen LogP contribution is -2.32. The Bertz CT molecular complexity index is 426. The molecule has 2 rings (SSSR count). The van der Waals surface area contributed by atoms with Crippen molar-refractivity contribution in [2.75, 3.05) is 38.0 Å². The maximum absolute atomic E-state index is 3.53. The molecule has 3 nitrogen and oxygen atoms in total. The number of nitrogens with one attached hydrogen (secondary N) is 1. The van der Waals surface area contributed by atoms with Crippen molar-refractivity contribution in [3.05, 3.63) is 29.3 Å². The Labute approximate surface area is 130 Å². The van der Waals surface area contributed by atoms with E-state index in [1.807, 2.05) is 0 Å². The zero-order valence-corrected chi connectivity index (χ0v) is 14.0. The fourth-order valence-electron chi connectivity index (χ4n) is 2.97. The maximum Gasteiger partial charge on any atom is 0.0343 e. The van der Waals surface area contributed by atoms with Crippen molar-refractivity contribution < 1.29 is 0 Å². The van der Waals surface area contributed by atoms with Crippen molar-refractivity contribution in [1.29, 1.82) is 0 Å². The Morgan fingerprint density at radius 3 is 2.57 bits per heavy atom. The van der Waals surface area contributed by atoms with Gasteiger partial charge in [-0.1, -0.05) is 33.3 Å². The fourth-order valence-corrected chi connectivity index (χ4v) is 2.97. The third-order valence-electron chi connectivity index (χ3n) is 4.48. The highest BCUT2D eigenvalue weighted by Crippen LogP contribution is 2.25. The van der Waals surface area contributed by atoms with Gasteiger partial charge >= 0.3 is 0 Å². The minimum atomic E-state index is 1.08. The number of unbranched alkanes of at least 4 members (excludes halogenated alkanes) is 1. The third-order valence-corrected chi connectivity index (χ3v) is 4.48. The van der Waals surface area contributed by atoms with E-state index in [-0.39, 0.29) is 0 Å². The van der Waals surface area contributed by atoms with E-state index in [1.165, 1.54) is 42.7 Å². The Kier molecular flexibility index (Phi) is 6.52. The van der Waals surface area contributed by atoms with Gasteiger partial charge in [-0.15, -0.1) is 0 Å². The molecule has 0 aliphatic carbocycles. The Morgan fingerprint density at radius 1 is 1.10 bits per heavy atom. The van der Waals surface area contributed by atoms with Crippen LogP contribution in [-0.2, 0) is 13.1 Å². The van der Waals surface area contributed by atoms with Crippen LogP contribution in [0.3, 0.4) is 0 Å². The second-order valence-corrected chi connectivity index (χ2v) is 6.00. The Hall–Kier alpha value is -1.06. The smallest absolute Gasteiger partial charge is 0.0343 e. The molecule has 1 aliphatic heterocycles. The number of benzene rings is 1. The van der Waals surface area contributed by atoms with Gasteiger partial charge in [0, 0.05) is 38.4 Å². The van der Waals surface area contributed by atoms with Crippen LogP contribution in [0.4, 0.5) is 5.69 Å². The molecule has 21 heavy (non-hydrogen) atoms. The minimum Gasteiger partial charge on any atom is -0.385 e. The molecule has 1 aliphatic rings. The topological polar surface area (TPSA) is 18.5 Å². The van der Waals surface area contributed by atoms with Crippen molar-refractivity contribution in [3.63, 3.8) is 0 Å². The molecule has 118 valence electrons. The molecule has 0 fully saturated rings. The van der Waals surface area contributed by atoms with Crippen LogP contribution < -0.4 is 5.32 Å². The van der Waals surface area contributed by atoms with Crippen LogP contribution in [0.25, 0.3) is 0 Å². The molecule has 0 bridgehead atoms. The van der Waals surface area contributed by atoms with E-state index in [4.69, 9.17) is 0 Å². The molecule has 0 spiro atoms. The molecule has 0 atom stereocenters. The molecule has 0 radical (unpaired) electrons. The van der Waals surface area contributed by atoms with Crippen LogP contribution in [0.1, 0.15) is 44.7 Å². The molecular weight excluding hydrogens is 258 g/mol. The lowest BCUT2D eigenvalue weighted by Gasteiger charge is -2.22. The Balaban J connectivity index is 1.84. The molecule has 0 amide bonds. The molecule has 1 N–H and O–H groups in total. The molecule has 0 saturated heterocycles. The summed E-state index contributed by atoms with van der Waals surface area (Å²) in [5.41, 5.74) is 4.31. The van der Waals surface area contributed by atoms with Crippen molar-refractivity contribution in [1.82, 2.24) is 9.80 Å². The zero-order valence-electron chi connectivity index (χ0n) is 14.0. The van der Waals surface area contributed by atoms with Gasteiger partial charge < -0.3 is 10.2 Å². The highest BCUT2D eigenvalue weighted by molar-refractivity contribution is 5.49. The number of hydrogen-bond acceptors (Lipinski definition) is 3. The number of anilines is 1. The van der Waals surface area contributed by atoms with Crippen LogP contribution in [0.5, 0.6) is 0 Å². The summed E-state index contributed by atoms with van der Waals surface area (Å²) in [7, 11) is 0. The Morgan fingerprint density at radius 2 is 1.86 bits per heavy atom.